The summed E-state index contributed by atoms with van der Waals surface area (Å²) in [4.78, 5) is 26.6. The first kappa shape index (κ1) is 12.6. The molecular weight excluding hydrogens is 234 g/mol. The van der Waals surface area contributed by atoms with Crippen LogP contribution >= 0.6 is 0 Å². The molecule has 18 heavy (non-hydrogen) atoms. The number of aromatic nitrogens is 2. The minimum Gasteiger partial charge on any atom is -0.481 e. The van der Waals surface area contributed by atoms with E-state index in [4.69, 9.17) is 5.11 Å². The zero-order valence-electron chi connectivity index (χ0n) is 10.1. The molecule has 1 aromatic heterocycles. The van der Waals surface area contributed by atoms with E-state index in [9.17, 15) is 9.59 Å². The molecule has 0 aliphatic heterocycles. The van der Waals surface area contributed by atoms with Gasteiger partial charge >= 0.3 is 5.97 Å². The minimum absolute atomic E-state index is 0.0955. The van der Waals surface area contributed by atoms with Crippen molar-refractivity contribution >= 4 is 11.9 Å². The van der Waals surface area contributed by atoms with Crippen LogP contribution in [0.5, 0.6) is 0 Å². The van der Waals surface area contributed by atoms with Gasteiger partial charge in [-0.05, 0) is 12.8 Å². The highest BCUT2D eigenvalue weighted by Gasteiger charge is 2.33. The SMILES string of the molecule is O=C(CCn1ccnc1)NC1CCCC1C(=O)O. The fourth-order valence-electron chi connectivity index (χ4n) is 2.36. The van der Waals surface area contributed by atoms with Crippen LogP contribution in [0, 0.1) is 5.92 Å². The molecule has 1 aromatic rings. The standard InChI is InChI=1S/C12H17N3O3/c16-11(4-6-15-7-5-13-8-15)14-10-3-1-2-9(10)12(17)18/h5,7-10H,1-4,6H2,(H,14,16)(H,17,18). The van der Waals surface area contributed by atoms with Gasteiger partial charge in [-0.3, -0.25) is 9.59 Å². The van der Waals surface area contributed by atoms with Gasteiger partial charge in [-0.25, -0.2) is 4.98 Å². The van der Waals surface area contributed by atoms with E-state index in [1.165, 1.54) is 0 Å². The van der Waals surface area contributed by atoms with Crippen LogP contribution in [0.4, 0.5) is 0 Å². The van der Waals surface area contributed by atoms with Gasteiger partial charge in [-0.1, -0.05) is 6.42 Å². The number of carbonyl (C=O) groups is 2. The summed E-state index contributed by atoms with van der Waals surface area (Å²) in [5.41, 5.74) is 0. The number of aryl methyl sites for hydroxylation is 1. The number of carboxylic acids is 1. The van der Waals surface area contributed by atoms with Crippen LogP contribution in [-0.2, 0) is 16.1 Å². The average Bonchev–Trinajstić information content (AvgIpc) is 2.96. The Balaban J connectivity index is 1.78. The molecule has 2 rings (SSSR count). The van der Waals surface area contributed by atoms with E-state index in [2.05, 4.69) is 10.3 Å². The number of aliphatic carboxylic acids is 1. The molecule has 0 spiro atoms. The molecule has 1 saturated carbocycles. The van der Waals surface area contributed by atoms with Gasteiger partial charge in [0, 0.05) is 31.4 Å². The van der Waals surface area contributed by atoms with E-state index in [1.807, 2.05) is 4.57 Å². The lowest BCUT2D eigenvalue weighted by molar-refractivity contribution is -0.142. The molecule has 1 amide bonds. The first-order chi connectivity index (χ1) is 8.66. The summed E-state index contributed by atoms with van der Waals surface area (Å²) >= 11 is 0. The Hall–Kier alpha value is -1.85. The monoisotopic (exact) mass is 251 g/mol. The van der Waals surface area contributed by atoms with E-state index in [-0.39, 0.29) is 11.9 Å². The molecule has 6 nitrogen and oxygen atoms in total. The third-order valence-corrected chi connectivity index (χ3v) is 3.34. The highest BCUT2D eigenvalue weighted by molar-refractivity contribution is 5.78. The highest BCUT2D eigenvalue weighted by Crippen LogP contribution is 2.25. The first-order valence-corrected chi connectivity index (χ1v) is 6.14. The van der Waals surface area contributed by atoms with Crippen LogP contribution in [-0.4, -0.2) is 32.6 Å². The van der Waals surface area contributed by atoms with Crippen LogP contribution in [0.25, 0.3) is 0 Å². The maximum absolute atomic E-state index is 11.7. The number of rotatable bonds is 5. The largest absolute Gasteiger partial charge is 0.481 e. The second-order valence-electron chi connectivity index (χ2n) is 4.60. The summed E-state index contributed by atoms with van der Waals surface area (Å²) < 4.78 is 1.82. The fraction of sp³-hybridized carbons (Fsp3) is 0.583. The fourth-order valence-corrected chi connectivity index (χ4v) is 2.36. The van der Waals surface area contributed by atoms with Gasteiger partial charge in [-0.2, -0.15) is 0 Å². The number of amides is 1. The molecule has 6 heteroatoms. The van der Waals surface area contributed by atoms with Gasteiger partial charge in [-0.15, -0.1) is 0 Å². The second-order valence-corrected chi connectivity index (χ2v) is 4.60. The van der Waals surface area contributed by atoms with E-state index in [0.29, 0.717) is 19.4 Å². The van der Waals surface area contributed by atoms with Gasteiger partial charge in [0.25, 0.3) is 0 Å². The molecule has 2 N–H and O–H groups in total. The molecule has 1 aliphatic carbocycles. The predicted octanol–water partition coefficient (Wildman–Crippen LogP) is 0.643. The normalized spacial score (nSPS) is 22.9. The lowest BCUT2D eigenvalue weighted by Crippen LogP contribution is -2.40. The summed E-state index contributed by atoms with van der Waals surface area (Å²) in [6.07, 6.45) is 7.74. The number of carbonyl (C=O) groups excluding carboxylic acids is 1. The van der Waals surface area contributed by atoms with Gasteiger partial charge in [0.15, 0.2) is 0 Å². The highest BCUT2D eigenvalue weighted by atomic mass is 16.4. The van der Waals surface area contributed by atoms with E-state index < -0.39 is 11.9 Å². The van der Waals surface area contributed by atoms with Crippen molar-refractivity contribution in [3.63, 3.8) is 0 Å². The summed E-state index contributed by atoms with van der Waals surface area (Å²) in [5, 5.41) is 11.8. The molecule has 0 radical (unpaired) electrons. The van der Waals surface area contributed by atoms with Gasteiger partial charge in [0.05, 0.1) is 12.2 Å². The Kier molecular flexibility index (Phi) is 3.96. The van der Waals surface area contributed by atoms with Crippen molar-refractivity contribution in [2.45, 2.75) is 38.3 Å². The third-order valence-electron chi connectivity index (χ3n) is 3.34. The molecule has 1 aliphatic rings. The van der Waals surface area contributed by atoms with Crippen LogP contribution in [0.2, 0.25) is 0 Å². The quantitative estimate of drug-likeness (QED) is 0.804. The van der Waals surface area contributed by atoms with Crippen molar-refractivity contribution in [1.82, 2.24) is 14.9 Å². The molecule has 1 heterocycles. The number of hydrogen-bond acceptors (Lipinski definition) is 3. The predicted molar refractivity (Wildman–Crippen MR) is 63.8 cm³/mol. The van der Waals surface area contributed by atoms with Gasteiger partial charge in [0.1, 0.15) is 0 Å². The molecule has 0 aromatic carbocycles. The molecular formula is C12H17N3O3. The Morgan fingerprint density at radius 2 is 2.28 bits per heavy atom. The maximum Gasteiger partial charge on any atom is 0.308 e. The van der Waals surface area contributed by atoms with Crippen LogP contribution < -0.4 is 5.32 Å². The molecule has 98 valence electrons. The van der Waals surface area contributed by atoms with Gasteiger partial charge < -0.3 is 15.0 Å². The molecule has 2 unspecified atom stereocenters. The van der Waals surface area contributed by atoms with E-state index in [1.54, 1.807) is 18.7 Å². The minimum atomic E-state index is -0.813. The number of nitrogens with one attached hydrogen (secondary N) is 1. The zero-order valence-corrected chi connectivity index (χ0v) is 10.1. The van der Waals surface area contributed by atoms with E-state index in [0.717, 1.165) is 12.8 Å². The molecule has 0 saturated heterocycles. The molecule has 2 atom stereocenters. The smallest absolute Gasteiger partial charge is 0.308 e. The van der Waals surface area contributed by atoms with Crippen molar-refractivity contribution < 1.29 is 14.7 Å². The van der Waals surface area contributed by atoms with Gasteiger partial charge in [0.2, 0.25) is 5.91 Å². The maximum atomic E-state index is 11.7. The second kappa shape index (κ2) is 5.66. The Morgan fingerprint density at radius 1 is 1.44 bits per heavy atom. The van der Waals surface area contributed by atoms with Crippen molar-refractivity contribution in [3.8, 4) is 0 Å². The molecule has 0 bridgehead atoms. The number of nitrogens with zero attached hydrogens (tertiary/aromatic N) is 2. The van der Waals surface area contributed by atoms with Crippen molar-refractivity contribution in [1.29, 1.82) is 0 Å². The summed E-state index contributed by atoms with van der Waals surface area (Å²) in [6.45, 7) is 0.566. The van der Waals surface area contributed by atoms with Crippen molar-refractivity contribution in [3.05, 3.63) is 18.7 Å². The Bertz CT molecular complexity index is 416. The third kappa shape index (κ3) is 3.09. The van der Waals surface area contributed by atoms with Crippen molar-refractivity contribution in [2.24, 2.45) is 5.92 Å². The van der Waals surface area contributed by atoms with Crippen LogP contribution in [0.1, 0.15) is 25.7 Å². The number of carboxylic acid groups (broad SMARTS) is 1. The van der Waals surface area contributed by atoms with Crippen LogP contribution in [0.3, 0.4) is 0 Å². The Labute approximate surface area is 105 Å². The number of hydrogen-bond donors (Lipinski definition) is 2. The zero-order chi connectivity index (χ0) is 13.0. The van der Waals surface area contributed by atoms with Crippen LogP contribution in [0.15, 0.2) is 18.7 Å². The van der Waals surface area contributed by atoms with Crippen molar-refractivity contribution in [2.75, 3.05) is 0 Å². The Morgan fingerprint density at radius 3 is 2.94 bits per heavy atom. The lowest BCUT2D eigenvalue weighted by atomic mass is 10.0. The summed E-state index contributed by atoms with van der Waals surface area (Å²) in [6, 6.07) is -0.210. The average molecular weight is 251 g/mol. The summed E-state index contributed by atoms with van der Waals surface area (Å²) in [7, 11) is 0. The number of imidazole rings is 1. The topological polar surface area (TPSA) is 84.2 Å². The molecule has 1 fully saturated rings. The summed E-state index contributed by atoms with van der Waals surface area (Å²) in [5.74, 6) is -1.34. The first-order valence-electron chi connectivity index (χ1n) is 6.14. The van der Waals surface area contributed by atoms with E-state index >= 15 is 0 Å². The lowest BCUT2D eigenvalue weighted by Gasteiger charge is -2.17.